The first kappa shape index (κ1) is 29.3. The van der Waals surface area contributed by atoms with Gasteiger partial charge in [0.15, 0.2) is 0 Å². The molecule has 0 aliphatic heterocycles. The Hall–Kier alpha value is -3.96. The van der Waals surface area contributed by atoms with E-state index in [2.05, 4.69) is 5.32 Å². The molecule has 0 atom stereocenters. The molecule has 0 spiro atoms. The third kappa shape index (κ3) is 12.5. The van der Waals surface area contributed by atoms with Gasteiger partial charge in [0.25, 0.3) is 10.1 Å². The van der Waals surface area contributed by atoms with Gasteiger partial charge in [-0.3, -0.25) is 14.8 Å². The minimum Gasteiger partial charge on any atom is -0.445 e. The number of fused-ring (bicyclic) bond motifs is 1. The number of nitrogens with one attached hydrogen (secondary N) is 2. The summed E-state index contributed by atoms with van der Waals surface area (Å²) < 4.78 is 36.4. The monoisotopic (exact) mass is 529 g/mol. The fraction of sp³-hybridized carbons (Fsp3) is 0.269. The second-order valence-corrected chi connectivity index (χ2v) is 9.61. The maximum Gasteiger partial charge on any atom is 0.407 e. The van der Waals surface area contributed by atoms with Crippen molar-refractivity contribution in [3.8, 4) is 5.75 Å². The average molecular weight is 530 g/mol. The van der Waals surface area contributed by atoms with Crippen molar-refractivity contribution in [2.45, 2.75) is 32.3 Å². The van der Waals surface area contributed by atoms with Crippen LogP contribution in [-0.2, 0) is 26.3 Å². The predicted octanol–water partition coefficient (Wildman–Crippen LogP) is 4.02. The summed E-state index contributed by atoms with van der Waals surface area (Å²) in [4.78, 5) is 23.8. The highest BCUT2D eigenvalue weighted by atomic mass is 32.2. The minimum atomic E-state index is -3.67. The molecule has 5 N–H and O–H groups in total. The molecule has 0 heterocycles. The smallest absolute Gasteiger partial charge is 0.407 e. The third-order valence-electron chi connectivity index (χ3n) is 4.89. The number of hydrogen-bond donors (Lipinski definition) is 4. The van der Waals surface area contributed by atoms with Crippen LogP contribution in [0.2, 0.25) is 0 Å². The number of nitrogen functional groups attached to an aromatic ring is 1. The molecule has 0 radical (unpaired) electrons. The lowest BCUT2D eigenvalue weighted by molar-refractivity contribution is -0.134. The normalized spacial score (nSPS) is 10.6. The van der Waals surface area contributed by atoms with E-state index in [-0.39, 0.29) is 18.4 Å². The maximum absolute atomic E-state index is 12.1. The number of nitrogens with two attached hydrogens (primary N) is 1. The molecule has 0 unspecified atom stereocenters. The van der Waals surface area contributed by atoms with Crippen LogP contribution < -0.4 is 15.8 Å². The van der Waals surface area contributed by atoms with Crippen molar-refractivity contribution in [3.05, 3.63) is 77.9 Å². The summed E-state index contributed by atoms with van der Waals surface area (Å²) in [7, 11) is -3.67. The number of carbonyl (C=O) groups excluding carboxylic acids is 2. The number of carbonyl (C=O) groups is 2. The Morgan fingerprint density at radius 1 is 0.973 bits per heavy atom. The third-order valence-corrected chi connectivity index (χ3v) is 4.89. The fourth-order valence-corrected chi connectivity index (χ4v) is 3.17. The van der Waals surface area contributed by atoms with Gasteiger partial charge < -0.3 is 20.5 Å². The summed E-state index contributed by atoms with van der Waals surface area (Å²) in [5.74, 6) is 0.211. The van der Waals surface area contributed by atoms with Crippen molar-refractivity contribution in [1.29, 1.82) is 5.41 Å². The maximum atomic E-state index is 12.1. The van der Waals surface area contributed by atoms with Crippen molar-refractivity contribution in [2.75, 3.05) is 12.8 Å². The van der Waals surface area contributed by atoms with Gasteiger partial charge in [0.05, 0.1) is 6.26 Å². The number of rotatable bonds is 10. The van der Waals surface area contributed by atoms with Crippen LogP contribution in [0.1, 0.15) is 36.8 Å². The van der Waals surface area contributed by atoms with Crippen molar-refractivity contribution in [2.24, 2.45) is 5.73 Å². The van der Waals surface area contributed by atoms with Gasteiger partial charge in [-0.25, -0.2) is 4.79 Å². The molecule has 37 heavy (non-hydrogen) atoms. The van der Waals surface area contributed by atoms with Gasteiger partial charge in [-0.1, -0.05) is 55.0 Å². The zero-order valence-electron chi connectivity index (χ0n) is 20.5. The van der Waals surface area contributed by atoms with E-state index < -0.39 is 16.2 Å². The zero-order valence-corrected chi connectivity index (χ0v) is 21.3. The number of ether oxygens (including phenoxy) is 2. The van der Waals surface area contributed by atoms with Crippen molar-refractivity contribution in [3.63, 3.8) is 0 Å². The first-order valence-corrected chi connectivity index (χ1v) is 13.3. The minimum absolute atomic E-state index is 0.0154. The van der Waals surface area contributed by atoms with Gasteiger partial charge in [0, 0.05) is 18.5 Å². The molecule has 0 saturated carbocycles. The van der Waals surface area contributed by atoms with Gasteiger partial charge in [-0.05, 0) is 47.4 Å². The van der Waals surface area contributed by atoms with Crippen LogP contribution >= 0.6 is 0 Å². The molecule has 0 aliphatic rings. The second-order valence-electron chi connectivity index (χ2n) is 8.14. The highest BCUT2D eigenvalue weighted by molar-refractivity contribution is 7.85. The highest BCUT2D eigenvalue weighted by Gasteiger charge is 2.07. The molecule has 11 heteroatoms. The lowest BCUT2D eigenvalue weighted by Gasteiger charge is -2.08. The summed E-state index contributed by atoms with van der Waals surface area (Å²) in [5.41, 5.74) is 7.11. The first-order chi connectivity index (χ1) is 17.5. The summed E-state index contributed by atoms with van der Waals surface area (Å²) in [6, 6.07) is 20.3. The topological polar surface area (TPSA) is 169 Å². The summed E-state index contributed by atoms with van der Waals surface area (Å²) >= 11 is 0. The van der Waals surface area contributed by atoms with Gasteiger partial charge in [0.1, 0.15) is 18.2 Å². The first-order valence-electron chi connectivity index (χ1n) is 11.5. The van der Waals surface area contributed by atoms with E-state index in [1.807, 2.05) is 48.5 Å². The van der Waals surface area contributed by atoms with E-state index in [9.17, 15) is 18.0 Å². The van der Waals surface area contributed by atoms with Crippen molar-refractivity contribution in [1.82, 2.24) is 5.32 Å². The van der Waals surface area contributed by atoms with Gasteiger partial charge in [-0.2, -0.15) is 8.42 Å². The van der Waals surface area contributed by atoms with Gasteiger partial charge >= 0.3 is 12.1 Å². The Labute approximate surface area is 216 Å². The van der Waals surface area contributed by atoms with Gasteiger partial charge in [0.2, 0.25) is 0 Å². The van der Waals surface area contributed by atoms with Crippen LogP contribution in [0.3, 0.4) is 0 Å². The van der Waals surface area contributed by atoms with E-state index in [1.165, 1.54) is 0 Å². The summed E-state index contributed by atoms with van der Waals surface area (Å²) in [6.07, 6.45) is 2.80. The molecule has 0 aliphatic carbocycles. The molecule has 3 aromatic rings. The number of benzene rings is 3. The molecule has 1 amide bonds. The van der Waals surface area contributed by atoms with Crippen LogP contribution in [0.4, 0.5) is 4.79 Å². The summed E-state index contributed by atoms with van der Waals surface area (Å²) in [6.45, 7) is 0.737. The molecular weight excluding hydrogens is 498 g/mol. The van der Waals surface area contributed by atoms with E-state index in [4.69, 9.17) is 25.2 Å². The summed E-state index contributed by atoms with van der Waals surface area (Å²) in [5, 5.41) is 12.0. The predicted molar refractivity (Wildman–Crippen MR) is 141 cm³/mol. The van der Waals surface area contributed by atoms with E-state index in [0.717, 1.165) is 29.2 Å². The Morgan fingerprint density at radius 3 is 2.30 bits per heavy atom. The van der Waals surface area contributed by atoms with Gasteiger partial charge in [-0.15, -0.1) is 0 Å². The molecule has 10 nitrogen and oxygen atoms in total. The molecule has 0 aromatic heterocycles. The molecule has 3 rings (SSSR count). The lowest BCUT2D eigenvalue weighted by Crippen LogP contribution is -2.25. The van der Waals surface area contributed by atoms with E-state index in [1.54, 1.807) is 18.2 Å². The largest absolute Gasteiger partial charge is 0.445 e. The number of amidine groups is 1. The van der Waals surface area contributed by atoms with Crippen LogP contribution in [0.15, 0.2) is 66.7 Å². The molecule has 0 bridgehead atoms. The zero-order chi connectivity index (χ0) is 27.3. The quantitative estimate of drug-likeness (QED) is 0.0762. The number of alkyl carbamates (subject to hydrolysis) is 1. The average Bonchev–Trinajstić information content (AvgIpc) is 2.84. The van der Waals surface area contributed by atoms with E-state index in [0.29, 0.717) is 37.0 Å². The highest BCUT2D eigenvalue weighted by Crippen LogP contribution is 2.22. The fourth-order valence-electron chi connectivity index (χ4n) is 3.17. The van der Waals surface area contributed by atoms with E-state index >= 15 is 0 Å². The van der Waals surface area contributed by atoms with Crippen molar-refractivity contribution < 1.29 is 32.0 Å². The molecule has 198 valence electrons. The van der Waals surface area contributed by atoms with Crippen molar-refractivity contribution >= 4 is 38.8 Å². The molecule has 0 fully saturated rings. The molecule has 0 saturated heterocycles. The molecule has 3 aromatic carbocycles. The molecular formula is C26H31N3O7S. The standard InChI is InChI=1S/C25H27N3O4.CH4O3S/c26-24(27)21-11-10-20-16-22(13-12-19(20)15-21)32-23(29)9-5-2-6-14-28-25(30)31-17-18-7-3-1-4-8-18;1-5(2,3)4/h1,3-4,7-8,10-13,15-16H,2,5-6,9,14,17H2,(H3,26,27)(H,28,30);1H3,(H,2,3,4). The number of unbranched alkanes of at least 4 members (excludes halogenated alkanes) is 2. The van der Waals surface area contributed by atoms with Crippen LogP contribution in [0.5, 0.6) is 5.75 Å². The lowest BCUT2D eigenvalue weighted by atomic mass is 10.1. The number of amides is 1. The number of esters is 1. The Morgan fingerprint density at radius 2 is 1.62 bits per heavy atom. The Bertz CT molecular complexity index is 1300. The van der Waals surface area contributed by atoms with Crippen LogP contribution in [0.25, 0.3) is 10.8 Å². The Kier molecular flexibility index (Phi) is 11.5. The number of hydrogen-bond acceptors (Lipinski definition) is 7. The van der Waals surface area contributed by atoms with Crippen LogP contribution in [-0.4, -0.2) is 43.7 Å². The Balaban J connectivity index is 0.000000877. The van der Waals surface area contributed by atoms with Crippen LogP contribution in [0, 0.1) is 5.41 Å². The SMILES string of the molecule is CS(=O)(=O)O.N=C(N)c1ccc2cc(OC(=O)CCCCCNC(=O)OCc3ccccc3)ccc2c1. The second kappa shape index (κ2) is 14.6.